The minimum absolute atomic E-state index is 0.262. The van der Waals surface area contributed by atoms with Gasteiger partial charge in [-0.2, -0.15) is 18.4 Å². The molecule has 2 rings (SSSR count). The Morgan fingerprint density at radius 1 is 1.42 bits per heavy atom. The van der Waals surface area contributed by atoms with Crippen molar-refractivity contribution in [3.05, 3.63) is 17.0 Å². The van der Waals surface area contributed by atoms with Crippen LogP contribution in [0.3, 0.4) is 0 Å². The van der Waals surface area contributed by atoms with Crippen molar-refractivity contribution in [2.75, 3.05) is 5.32 Å². The molecule has 0 aliphatic heterocycles. The molecule has 1 aromatic rings. The van der Waals surface area contributed by atoms with Crippen LogP contribution in [0.2, 0.25) is 5.28 Å². The fraction of sp³-hybridized carbons (Fsp3) is 0.545. The normalized spacial score (nSPS) is 23.1. The molecule has 0 saturated heterocycles. The summed E-state index contributed by atoms with van der Waals surface area (Å²) in [4.78, 5) is 6.93. The molecule has 2 atom stereocenters. The predicted molar refractivity (Wildman–Crippen MR) is 62.4 cm³/mol. The Morgan fingerprint density at radius 3 is 2.79 bits per heavy atom. The van der Waals surface area contributed by atoms with Gasteiger partial charge in [0.25, 0.3) is 0 Å². The van der Waals surface area contributed by atoms with E-state index in [2.05, 4.69) is 21.4 Å². The van der Waals surface area contributed by atoms with Crippen molar-refractivity contribution in [1.82, 2.24) is 9.97 Å². The van der Waals surface area contributed by atoms with Gasteiger partial charge in [-0.25, -0.2) is 9.97 Å². The van der Waals surface area contributed by atoms with Crippen molar-refractivity contribution in [3.63, 3.8) is 0 Å². The van der Waals surface area contributed by atoms with E-state index in [9.17, 15) is 13.2 Å². The van der Waals surface area contributed by atoms with Crippen LogP contribution in [0.1, 0.15) is 24.8 Å². The van der Waals surface area contributed by atoms with Crippen LogP contribution >= 0.6 is 11.6 Å². The SMILES string of the molecule is N#C[C@H]1CCC[C@@H]1Nc1nc(Cl)ncc1C(F)(F)F. The largest absolute Gasteiger partial charge is 0.421 e. The highest BCUT2D eigenvalue weighted by Gasteiger charge is 2.37. The van der Waals surface area contributed by atoms with Crippen LogP contribution in [0.5, 0.6) is 0 Å². The van der Waals surface area contributed by atoms with Crippen LogP contribution < -0.4 is 5.32 Å². The fourth-order valence-electron chi connectivity index (χ4n) is 2.14. The second-order valence-corrected chi connectivity index (χ2v) is 4.65. The van der Waals surface area contributed by atoms with Crippen LogP contribution in [-0.2, 0) is 6.18 Å². The van der Waals surface area contributed by atoms with E-state index < -0.39 is 11.7 Å². The number of nitrogens with zero attached hydrogens (tertiary/aromatic N) is 3. The zero-order valence-corrected chi connectivity index (χ0v) is 10.5. The van der Waals surface area contributed by atoms with Crippen LogP contribution in [0.4, 0.5) is 19.0 Å². The number of alkyl halides is 3. The van der Waals surface area contributed by atoms with Gasteiger partial charge in [-0.3, -0.25) is 0 Å². The first-order valence-electron chi connectivity index (χ1n) is 5.67. The zero-order chi connectivity index (χ0) is 14.0. The van der Waals surface area contributed by atoms with Gasteiger partial charge in [0.2, 0.25) is 5.28 Å². The summed E-state index contributed by atoms with van der Waals surface area (Å²) in [6.45, 7) is 0. The molecule has 0 aromatic carbocycles. The van der Waals surface area contributed by atoms with E-state index in [1.54, 1.807) is 0 Å². The molecular formula is C11H10ClF3N4. The first-order valence-corrected chi connectivity index (χ1v) is 6.05. The lowest BCUT2D eigenvalue weighted by molar-refractivity contribution is -0.137. The molecule has 1 heterocycles. The van der Waals surface area contributed by atoms with Crippen LogP contribution in [-0.4, -0.2) is 16.0 Å². The van der Waals surface area contributed by atoms with Crippen LogP contribution in [0.25, 0.3) is 0 Å². The third-order valence-corrected chi connectivity index (χ3v) is 3.25. The highest BCUT2D eigenvalue weighted by molar-refractivity contribution is 6.28. The van der Waals surface area contributed by atoms with E-state index in [1.165, 1.54) is 0 Å². The number of halogens is 4. The quantitative estimate of drug-likeness (QED) is 0.849. The Morgan fingerprint density at radius 2 is 2.16 bits per heavy atom. The van der Waals surface area contributed by atoms with Crippen molar-refractivity contribution in [1.29, 1.82) is 5.26 Å². The average molecular weight is 291 g/mol. The number of hydrogen-bond acceptors (Lipinski definition) is 4. The van der Waals surface area contributed by atoms with Gasteiger partial charge in [0.15, 0.2) is 0 Å². The summed E-state index contributed by atoms with van der Waals surface area (Å²) in [7, 11) is 0. The number of anilines is 1. The number of hydrogen-bond donors (Lipinski definition) is 1. The third-order valence-electron chi connectivity index (χ3n) is 3.07. The molecule has 8 heteroatoms. The van der Waals surface area contributed by atoms with Gasteiger partial charge in [0.05, 0.1) is 12.0 Å². The summed E-state index contributed by atoms with van der Waals surface area (Å²) in [5, 5.41) is 11.3. The van der Waals surface area contributed by atoms with Gasteiger partial charge in [0, 0.05) is 12.2 Å². The predicted octanol–water partition coefficient (Wildman–Crippen LogP) is 3.25. The number of nitrogens with one attached hydrogen (secondary N) is 1. The molecule has 0 radical (unpaired) electrons. The van der Waals surface area contributed by atoms with Crippen molar-refractivity contribution in [2.24, 2.45) is 5.92 Å². The van der Waals surface area contributed by atoms with Gasteiger partial charge < -0.3 is 5.32 Å². The summed E-state index contributed by atoms with van der Waals surface area (Å²) in [5.41, 5.74) is -0.972. The van der Waals surface area contributed by atoms with E-state index in [0.717, 1.165) is 6.42 Å². The molecule has 1 fully saturated rings. The lowest BCUT2D eigenvalue weighted by Crippen LogP contribution is -2.25. The number of rotatable bonds is 2. The van der Waals surface area contributed by atoms with Gasteiger partial charge >= 0.3 is 6.18 Å². The lowest BCUT2D eigenvalue weighted by atomic mass is 10.1. The molecule has 0 spiro atoms. The summed E-state index contributed by atoms with van der Waals surface area (Å²) >= 11 is 5.53. The van der Waals surface area contributed by atoms with E-state index in [0.29, 0.717) is 19.0 Å². The minimum Gasteiger partial charge on any atom is -0.365 e. The molecular weight excluding hydrogens is 281 g/mol. The smallest absolute Gasteiger partial charge is 0.365 e. The Kier molecular flexibility index (Phi) is 3.80. The van der Waals surface area contributed by atoms with Gasteiger partial charge in [-0.1, -0.05) is 0 Å². The fourth-order valence-corrected chi connectivity index (χ4v) is 2.27. The Balaban J connectivity index is 2.29. The standard InChI is InChI=1S/C11H10ClF3N4/c12-10-17-5-7(11(13,14)15)9(19-10)18-8-3-1-2-6(8)4-16/h5-6,8H,1-3H2,(H,17,18,19)/t6-,8+/m1/s1. The molecule has 0 amide bonds. The molecule has 1 aliphatic carbocycles. The highest BCUT2D eigenvalue weighted by Crippen LogP contribution is 2.36. The Labute approximate surface area is 112 Å². The summed E-state index contributed by atoms with van der Waals surface area (Å²) in [6.07, 6.45) is -1.80. The molecule has 1 aromatic heterocycles. The first-order chi connectivity index (χ1) is 8.91. The van der Waals surface area contributed by atoms with E-state index in [1.807, 2.05) is 0 Å². The molecule has 4 nitrogen and oxygen atoms in total. The molecule has 19 heavy (non-hydrogen) atoms. The lowest BCUT2D eigenvalue weighted by Gasteiger charge is -2.19. The average Bonchev–Trinajstić information content (AvgIpc) is 2.74. The Bertz CT molecular complexity index is 512. The third kappa shape index (κ3) is 3.07. The second-order valence-electron chi connectivity index (χ2n) is 4.32. The molecule has 0 bridgehead atoms. The molecule has 1 aliphatic rings. The van der Waals surface area contributed by atoms with Crippen molar-refractivity contribution >= 4 is 17.4 Å². The van der Waals surface area contributed by atoms with E-state index >= 15 is 0 Å². The summed E-state index contributed by atoms with van der Waals surface area (Å²) in [5.74, 6) is -0.672. The van der Waals surface area contributed by atoms with Gasteiger partial charge in [-0.05, 0) is 30.9 Å². The van der Waals surface area contributed by atoms with Crippen LogP contribution in [0.15, 0.2) is 6.20 Å². The minimum atomic E-state index is -4.56. The van der Waals surface area contributed by atoms with Crippen molar-refractivity contribution < 1.29 is 13.2 Å². The van der Waals surface area contributed by atoms with Gasteiger partial charge in [-0.15, -0.1) is 0 Å². The number of aromatic nitrogens is 2. The monoisotopic (exact) mass is 290 g/mol. The second kappa shape index (κ2) is 5.21. The van der Waals surface area contributed by atoms with E-state index in [4.69, 9.17) is 16.9 Å². The maximum Gasteiger partial charge on any atom is 0.421 e. The van der Waals surface area contributed by atoms with Crippen molar-refractivity contribution in [2.45, 2.75) is 31.5 Å². The Hall–Kier alpha value is -1.55. The van der Waals surface area contributed by atoms with Crippen LogP contribution in [0, 0.1) is 17.2 Å². The summed E-state index contributed by atoms with van der Waals surface area (Å²) < 4.78 is 38.4. The maximum atomic E-state index is 12.8. The molecule has 0 unspecified atom stereocenters. The van der Waals surface area contributed by atoms with E-state index in [-0.39, 0.29) is 23.1 Å². The molecule has 102 valence electrons. The maximum absolute atomic E-state index is 12.8. The molecule has 1 saturated carbocycles. The highest BCUT2D eigenvalue weighted by atomic mass is 35.5. The zero-order valence-electron chi connectivity index (χ0n) is 9.71. The van der Waals surface area contributed by atoms with Gasteiger partial charge in [0.1, 0.15) is 11.4 Å². The first kappa shape index (κ1) is 13.9. The number of nitriles is 1. The molecule has 1 N–H and O–H groups in total. The topological polar surface area (TPSA) is 61.6 Å². The van der Waals surface area contributed by atoms with Crippen molar-refractivity contribution in [3.8, 4) is 6.07 Å². The summed E-state index contributed by atoms with van der Waals surface area (Å²) in [6, 6.07) is 1.75.